The van der Waals surface area contributed by atoms with Gasteiger partial charge in [0.15, 0.2) is 5.75 Å². The molecule has 4 rings (SSSR count). The minimum Gasteiger partial charge on any atom is -0.479 e. The molecule has 3 aromatic heterocycles. The molecule has 7 heteroatoms. The number of nitrogens with zero attached hydrogens (tertiary/aromatic N) is 4. The summed E-state index contributed by atoms with van der Waals surface area (Å²) in [5.74, 6) is 1.98. The number of aryl methyl sites for hydroxylation is 1. The van der Waals surface area contributed by atoms with Crippen molar-refractivity contribution in [2.75, 3.05) is 7.11 Å². The van der Waals surface area contributed by atoms with Crippen LogP contribution in [0.15, 0.2) is 48.4 Å². The SMILES string of the molecule is COc1ncc(-c2cccc(Oc3cnn(C)c3)c2)c2scnc12. The van der Waals surface area contributed by atoms with E-state index in [0.717, 1.165) is 27.1 Å². The van der Waals surface area contributed by atoms with Crippen LogP contribution >= 0.6 is 11.3 Å². The van der Waals surface area contributed by atoms with Crippen LogP contribution in [0, 0.1) is 0 Å². The van der Waals surface area contributed by atoms with Gasteiger partial charge in [-0.1, -0.05) is 12.1 Å². The number of hydrogen-bond acceptors (Lipinski definition) is 6. The quantitative estimate of drug-likeness (QED) is 0.565. The summed E-state index contributed by atoms with van der Waals surface area (Å²) in [5.41, 5.74) is 4.60. The van der Waals surface area contributed by atoms with Crippen LogP contribution in [0.25, 0.3) is 21.3 Å². The Kier molecular flexibility index (Phi) is 3.62. The third-order valence-corrected chi connectivity index (χ3v) is 4.44. The third-order valence-electron chi connectivity index (χ3n) is 3.58. The van der Waals surface area contributed by atoms with Gasteiger partial charge in [-0.15, -0.1) is 11.3 Å². The Bertz CT molecular complexity index is 1010. The van der Waals surface area contributed by atoms with Crippen molar-refractivity contribution in [3.8, 4) is 28.5 Å². The van der Waals surface area contributed by atoms with Crippen LogP contribution in [0.3, 0.4) is 0 Å². The van der Waals surface area contributed by atoms with Crippen LogP contribution in [0.5, 0.6) is 17.4 Å². The standard InChI is InChI=1S/C17H14N4O2S/c1-21-9-13(7-20-21)23-12-5-3-4-11(6-12)14-8-18-17(22-2)15-16(14)24-10-19-15/h3-10H,1-2H3. The normalized spacial score (nSPS) is 10.9. The Morgan fingerprint density at radius 3 is 2.83 bits per heavy atom. The lowest BCUT2D eigenvalue weighted by molar-refractivity contribution is 0.402. The average molecular weight is 338 g/mol. The van der Waals surface area contributed by atoms with Gasteiger partial charge in [0.25, 0.3) is 0 Å². The topological polar surface area (TPSA) is 62.1 Å². The predicted molar refractivity (Wildman–Crippen MR) is 92.7 cm³/mol. The highest BCUT2D eigenvalue weighted by Crippen LogP contribution is 2.36. The average Bonchev–Trinajstić information content (AvgIpc) is 3.23. The fourth-order valence-corrected chi connectivity index (χ4v) is 3.31. The van der Waals surface area contributed by atoms with E-state index in [2.05, 4.69) is 15.1 Å². The monoisotopic (exact) mass is 338 g/mol. The molecule has 0 bridgehead atoms. The van der Waals surface area contributed by atoms with Gasteiger partial charge in [-0.05, 0) is 17.7 Å². The second kappa shape index (κ2) is 5.93. The number of rotatable bonds is 4. The first-order valence-electron chi connectivity index (χ1n) is 7.28. The van der Waals surface area contributed by atoms with Crippen LogP contribution in [-0.2, 0) is 7.05 Å². The van der Waals surface area contributed by atoms with Crippen molar-refractivity contribution in [1.29, 1.82) is 0 Å². The molecule has 0 aliphatic rings. The first-order valence-corrected chi connectivity index (χ1v) is 8.15. The van der Waals surface area contributed by atoms with Gasteiger partial charge in [0, 0.05) is 18.8 Å². The Labute approximate surface area is 142 Å². The summed E-state index contributed by atoms with van der Waals surface area (Å²) in [7, 11) is 3.45. The Morgan fingerprint density at radius 1 is 1.12 bits per heavy atom. The number of hydrogen-bond donors (Lipinski definition) is 0. The van der Waals surface area contributed by atoms with E-state index < -0.39 is 0 Å². The lowest BCUT2D eigenvalue weighted by Gasteiger charge is -2.08. The van der Waals surface area contributed by atoms with Gasteiger partial charge >= 0.3 is 0 Å². The summed E-state index contributed by atoms with van der Waals surface area (Å²) in [6, 6.07) is 7.88. The zero-order valence-electron chi connectivity index (χ0n) is 13.1. The molecule has 4 aromatic rings. The molecule has 0 spiro atoms. The molecular weight excluding hydrogens is 324 g/mol. The van der Waals surface area contributed by atoms with E-state index in [1.807, 2.05) is 43.7 Å². The van der Waals surface area contributed by atoms with Crippen molar-refractivity contribution >= 4 is 21.6 Å². The van der Waals surface area contributed by atoms with E-state index in [9.17, 15) is 0 Å². The van der Waals surface area contributed by atoms with Crippen LogP contribution < -0.4 is 9.47 Å². The second-order valence-electron chi connectivity index (χ2n) is 5.19. The number of fused-ring (bicyclic) bond motifs is 1. The number of ether oxygens (including phenoxy) is 2. The molecular formula is C17H14N4O2S. The van der Waals surface area contributed by atoms with E-state index in [-0.39, 0.29) is 0 Å². The maximum Gasteiger partial charge on any atom is 0.241 e. The molecule has 120 valence electrons. The minimum atomic E-state index is 0.540. The Morgan fingerprint density at radius 2 is 2.04 bits per heavy atom. The molecule has 0 atom stereocenters. The van der Waals surface area contributed by atoms with Crippen molar-refractivity contribution in [2.45, 2.75) is 0 Å². The molecule has 3 heterocycles. The van der Waals surface area contributed by atoms with Crippen LogP contribution in [0.1, 0.15) is 0 Å². The number of benzene rings is 1. The lowest BCUT2D eigenvalue weighted by Crippen LogP contribution is -1.90. The van der Waals surface area contributed by atoms with E-state index in [0.29, 0.717) is 11.6 Å². The number of thiazole rings is 1. The highest BCUT2D eigenvalue weighted by molar-refractivity contribution is 7.17. The fraction of sp³-hybridized carbons (Fsp3) is 0.118. The van der Waals surface area contributed by atoms with Gasteiger partial charge in [-0.2, -0.15) is 5.10 Å². The van der Waals surface area contributed by atoms with Gasteiger partial charge in [-0.3, -0.25) is 4.68 Å². The molecule has 0 amide bonds. The molecule has 0 unspecified atom stereocenters. The van der Waals surface area contributed by atoms with E-state index in [1.54, 1.807) is 34.8 Å². The smallest absolute Gasteiger partial charge is 0.241 e. The number of methoxy groups -OCH3 is 1. The summed E-state index contributed by atoms with van der Waals surface area (Å²) in [5, 5.41) is 4.11. The van der Waals surface area contributed by atoms with Gasteiger partial charge in [0.2, 0.25) is 5.88 Å². The number of aromatic nitrogens is 4. The summed E-state index contributed by atoms with van der Waals surface area (Å²) in [6.07, 6.45) is 5.31. The summed E-state index contributed by atoms with van der Waals surface area (Å²) < 4.78 is 13.9. The highest BCUT2D eigenvalue weighted by Gasteiger charge is 2.13. The van der Waals surface area contributed by atoms with E-state index in [1.165, 1.54) is 0 Å². The molecule has 0 radical (unpaired) electrons. The second-order valence-corrected chi connectivity index (χ2v) is 6.05. The van der Waals surface area contributed by atoms with Crippen LogP contribution in [-0.4, -0.2) is 26.9 Å². The molecule has 0 aliphatic carbocycles. The van der Waals surface area contributed by atoms with Crippen molar-refractivity contribution < 1.29 is 9.47 Å². The van der Waals surface area contributed by atoms with Gasteiger partial charge in [-0.25, -0.2) is 9.97 Å². The number of pyridine rings is 1. The van der Waals surface area contributed by atoms with Crippen molar-refractivity contribution in [3.63, 3.8) is 0 Å². The Balaban J connectivity index is 1.75. The maximum atomic E-state index is 5.86. The molecule has 0 saturated carbocycles. The summed E-state index contributed by atoms with van der Waals surface area (Å²) >= 11 is 1.57. The maximum absolute atomic E-state index is 5.86. The minimum absolute atomic E-state index is 0.540. The molecule has 0 saturated heterocycles. The first-order chi connectivity index (χ1) is 11.7. The zero-order valence-corrected chi connectivity index (χ0v) is 13.9. The zero-order chi connectivity index (χ0) is 16.5. The fourth-order valence-electron chi connectivity index (χ4n) is 2.50. The third kappa shape index (κ3) is 2.59. The summed E-state index contributed by atoms with van der Waals surface area (Å²) in [4.78, 5) is 8.72. The van der Waals surface area contributed by atoms with Crippen molar-refractivity contribution in [2.24, 2.45) is 7.05 Å². The molecule has 0 fully saturated rings. The highest BCUT2D eigenvalue weighted by atomic mass is 32.1. The van der Waals surface area contributed by atoms with E-state index in [4.69, 9.17) is 9.47 Å². The molecule has 0 aliphatic heterocycles. The van der Waals surface area contributed by atoms with Crippen LogP contribution in [0.4, 0.5) is 0 Å². The molecule has 6 nitrogen and oxygen atoms in total. The van der Waals surface area contributed by atoms with Gasteiger partial charge in [0.05, 0.1) is 29.7 Å². The van der Waals surface area contributed by atoms with Crippen LogP contribution in [0.2, 0.25) is 0 Å². The van der Waals surface area contributed by atoms with E-state index >= 15 is 0 Å². The summed E-state index contributed by atoms with van der Waals surface area (Å²) in [6.45, 7) is 0. The largest absolute Gasteiger partial charge is 0.479 e. The van der Waals surface area contributed by atoms with Crippen molar-refractivity contribution in [1.82, 2.24) is 19.7 Å². The molecule has 1 aromatic carbocycles. The predicted octanol–water partition coefficient (Wildman–Crippen LogP) is 3.89. The molecule has 0 N–H and O–H groups in total. The molecule has 24 heavy (non-hydrogen) atoms. The van der Waals surface area contributed by atoms with Crippen molar-refractivity contribution in [3.05, 3.63) is 48.4 Å². The van der Waals surface area contributed by atoms with Gasteiger partial charge in [0.1, 0.15) is 11.3 Å². The lowest BCUT2D eigenvalue weighted by atomic mass is 10.1. The Hall–Kier alpha value is -2.93. The first kappa shape index (κ1) is 14.6. The van der Waals surface area contributed by atoms with Gasteiger partial charge < -0.3 is 9.47 Å².